The van der Waals surface area contributed by atoms with Crippen molar-refractivity contribution in [3.05, 3.63) is 111 Å². The lowest BCUT2D eigenvalue weighted by atomic mass is 9.96. The van der Waals surface area contributed by atoms with Gasteiger partial charge >= 0.3 is 5.97 Å². The van der Waals surface area contributed by atoms with Crippen LogP contribution < -0.4 is 15.0 Å². The molecule has 74 heavy (non-hydrogen) atoms. The highest BCUT2D eigenvalue weighted by atomic mass is 35.5. The molecule has 2 unspecified atom stereocenters. The number of halogens is 2. The van der Waals surface area contributed by atoms with E-state index in [1.54, 1.807) is 11.0 Å². The van der Waals surface area contributed by atoms with E-state index in [-0.39, 0.29) is 36.1 Å². The molecule has 0 spiro atoms. The normalized spacial score (nSPS) is 19.2. The van der Waals surface area contributed by atoms with E-state index < -0.39 is 17.6 Å². The van der Waals surface area contributed by atoms with Crippen LogP contribution in [-0.2, 0) is 34.3 Å². The number of piperidine rings is 2. The first kappa shape index (κ1) is 51.2. The quantitative estimate of drug-likeness (QED) is 0.0639. The molecule has 0 bridgehead atoms. The number of likely N-dealkylation sites (tertiary alicyclic amines) is 1. The van der Waals surface area contributed by atoms with E-state index in [9.17, 15) is 23.6 Å². The third kappa shape index (κ3) is 10.1. The smallest absolute Gasteiger partial charge is 0.355 e. The second-order valence-electron chi connectivity index (χ2n) is 21.7. The summed E-state index contributed by atoms with van der Waals surface area (Å²) in [6, 6.07) is 19.5. The molecule has 0 saturated carbocycles. The van der Waals surface area contributed by atoms with Crippen molar-refractivity contribution in [3.63, 3.8) is 0 Å². The lowest BCUT2D eigenvalue weighted by molar-refractivity contribution is -0.137. The summed E-state index contributed by atoms with van der Waals surface area (Å²) in [5.74, 6) is -0.256. The third-order valence-electron chi connectivity index (χ3n) is 15.8. The van der Waals surface area contributed by atoms with Gasteiger partial charge in [-0.05, 0) is 158 Å². The first-order valence-corrected chi connectivity index (χ1v) is 26.7. The lowest BCUT2D eigenvalue weighted by Crippen LogP contribution is -2.53. The summed E-state index contributed by atoms with van der Waals surface area (Å²) in [6.45, 7) is 20.0. The number of aryl methyl sites for hydroxylation is 3. The molecule has 14 nitrogen and oxygen atoms in total. The number of anilines is 1. The molecule has 6 aromatic rings. The van der Waals surface area contributed by atoms with Crippen molar-refractivity contribution in [2.24, 2.45) is 13.0 Å². The van der Waals surface area contributed by atoms with Gasteiger partial charge < -0.3 is 28.7 Å². The van der Waals surface area contributed by atoms with Crippen LogP contribution in [0.5, 0.6) is 5.75 Å². The number of hydrogen-bond donors (Lipinski definition) is 1. The van der Waals surface area contributed by atoms with Gasteiger partial charge in [-0.2, -0.15) is 5.10 Å². The van der Waals surface area contributed by atoms with Gasteiger partial charge in [0, 0.05) is 98.1 Å². The van der Waals surface area contributed by atoms with Gasteiger partial charge in [0.2, 0.25) is 11.8 Å². The van der Waals surface area contributed by atoms with Gasteiger partial charge in [0.15, 0.2) is 0 Å². The molecule has 16 heteroatoms. The van der Waals surface area contributed by atoms with Crippen LogP contribution in [0.1, 0.15) is 109 Å². The van der Waals surface area contributed by atoms with Gasteiger partial charge in [-0.25, -0.2) is 9.18 Å². The molecule has 4 aliphatic rings. The number of carbonyl (C=O) groups is 4. The summed E-state index contributed by atoms with van der Waals surface area (Å²) < 4.78 is 30.7. The molecule has 3 saturated heterocycles. The highest BCUT2D eigenvalue weighted by molar-refractivity contribution is 6.35. The molecule has 0 aliphatic carbocycles. The number of nitrogens with one attached hydrogen (secondary N) is 1. The van der Waals surface area contributed by atoms with Crippen LogP contribution in [0.15, 0.2) is 66.7 Å². The van der Waals surface area contributed by atoms with Crippen LogP contribution in [-0.4, -0.2) is 123 Å². The van der Waals surface area contributed by atoms with E-state index in [0.29, 0.717) is 60.4 Å². The van der Waals surface area contributed by atoms with Crippen LogP contribution in [0.25, 0.3) is 32.8 Å². The Morgan fingerprint density at radius 1 is 0.878 bits per heavy atom. The topological polar surface area (TPSA) is 134 Å². The number of piperazine rings is 1. The molecule has 2 aromatic heterocycles. The molecule has 4 aliphatic heterocycles. The number of carbonyl (C=O) groups excluding carboxylic acids is 4. The van der Waals surface area contributed by atoms with Gasteiger partial charge in [-0.15, -0.1) is 0 Å². The Morgan fingerprint density at radius 3 is 2.35 bits per heavy atom. The summed E-state index contributed by atoms with van der Waals surface area (Å²) in [6.07, 6.45) is 3.88. The summed E-state index contributed by atoms with van der Waals surface area (Å²) >= 11 is 7.25. The zero-order valence-electron chi connectivity index (χ0n) is 43.7. The van der Waals surface area contributed by atoms with E-state index in [1.807, 2.05) is 88.8 Å². The second-order valence-corrected chi connectivity index (χ2v) is 22.1. The Labute approximate surface area is 437 Å². The molecule has 390 valence electrons. The van der Waals surface area contributed by atoms with Crippen molar-refractivity contribution in [1.29, 1.82) is 0 Å². The Kier molecular flexibility index (Phi) is 14.4. The minimum absolute atomic E-state index is 0.152. The number of imide groups is 1. The third-order valence-corrected chi connectivity index (χ3v) is 16.1. The number of esters is 1. The van der Waals surface area contributed by atoms with E-state index >= 15 is 0 Å². The maximum Gasteiger partial charge on any atom is 0.355 e. The summed E-state index contributed by atoms with van der Waals surface area (Å²) in [7, 11) is 1.94. The van der Waals surface area contributed by atoms with E-state index in [4.69, 9.17) is 26.2 Å². The van der Waals surface area contributed by atoms with Crippen molar-refractivity contribution in [2.45, 2.75) is 104 Å². The van der Waals surface area contributed by atoms with Crippen LogP contribution in [0, 0.1) is 25.6 Å². The number of hydrogen-bond acceptors (Lipinski definition) is 10. The molecule has 10 rings (SSSR count). The van der Waals surface area contributed by atoms with Gasteiger partial charge in [0.25, 0.3) is 5.91 Å². The summed E-state index contributed by atoms with van der Waals surface area (Å²) in [5, 5.41) is 10.4. The zero-order chi connectivity index (χ0) is 52.2. The Hall–Kier alpha value is -6.29. The predicted molar refractivity (Wildman–Crippen MR) is 287 cm³/mol. The molecule has 6 heterocycles. The van der Waals surface area contributed by atoms with Gasteiger partial charge in [-0.3, -0.25) is 29.3 Å². The number of aromatic nitrogens is 3. The minimum atomic E-state index is -0.733. The lowest BCUT2D eigenvalue weighted by Gasteiger charge is -2.40. The molecule has 0 radical (unpaired) electrons. The summed E-state index contributed by atoms with van der Waals surface area (Å²) in [5.41, 5.74) is 7.89. The highest BCUT2D eigenvalue weighted by Gasteiger charge is 2.43. The fourth-order valence-electron chi connectivity index (χ4n) is 12.0. The fraction of sp³-hybridized carbons (Fsp3) is 0.466. The van der Waals surface area contributed by atoms with E-state index in [1.165, 1.54) is 12.1 Å². The zero-order valence-corrected chi connectivity index (χ0v) is 44.5. The summed E-state index contributed by atoms with van der Waals surface area (Å²) in [4.78, 5) is 61.9. The second kappa shape index (κ2) is 20.8. The van der Waals surface area contributed by atoms with E-state index in [0.717, 1.165) is 126 Å². The average Bonchev–Trinajstić information content (AvgIpc) is 3.92. The maximum atomic E-state index is 14.7. The minimum Gasteiger partial charge on any atom is -0.493 e. The van der Waals surface area contributed by atoms with Crippen LogP contribution in [0.2, 0.25) is 5.02 Å². The molecular formula is C58H68ClFN8O6. The standard InChI is InChI=1S/C58H68ClFN8O6/c1-35-51(37(3)63(7)62-35)52-47(59)18-17-44-43(11-9-31-73-49-12-8-10-39-32-40(60)13-15-42(39)49)54(57(72)74-58(4,5)6)67(53(44)52)30-27-64-23-21-38(22-24-64)34-65-25-28-66(29-26-65)41-14-16-45-46(33-41)36(2)68(56(45)71)48-19-20-50(69)61-55(48)70/h8,10,12-18,32-33,36,38,48H,9,11,19-31,34H2,1-7H3,(H,61,69,70). The highest BCUT2D eigenvalue weighted by Crippen LogP contribution is 2.43. The number of ether oxygens (including phenoxy) is 2. The molecule has 3 fully saturated rings. The van der Waals surface area contributed by atoms with Gasteiger partial charge in [0.05, 0.1) is 28.9 Å². The number of fused-ring (bicyclic) bond motifs is 3. The fourth-order valence-corrected chi connectivity index (χ4v) is 12.2. The Morgan fingerprint density at radius 2 is 1.64 bits per heavy atom. The number of nitrogens with zero attached hydrogens (tertiary/aromatic N) is 7. The van der Waals surface area contributed by atoms with Crippen molar-refractivity contribution in [1.82, 2.24) is 34.4 Å². The number of benzene rings is 4. The van der Waals surface area contributed by atoms with Crippen molar-refractivity contribution in [3.8, 4) is 16.9 Å². The molecular weight excluding hydrogens is 959 g/mol. The Balaban J connectivity index is 0.825. The molecule has 3 amide bonds. The SMILES string of the molecule is Cc1nn(C)c(C)c1-c1c(Cl)ccc2c(CCCOc3cccc4cc(F)ccc34)c(C(=O)OC(C)(C)C)n(CCN3CCC(CN4CCN(c5ccc6c(c5)C(C)N(C5CCC(=O)NC5=O)C6=O)CC4)CC3)c12. The van der Waals surface area contributed by atoms with Crippen LogP contribution in [0.4, 0.5) is 10.1 Å². The van der Waals surface area contributed by atoms with Crippen molar-refractivity contribution in [2.75, 3.05) is 63.9 Å². The number of rotatable bonds is 14. The molecule has 1 N–H and O–H groups in total. The monoisotopic (exact) mass is 1030 g/mol. The maximum absolute atomic E-state index is 14.7. The van der Waals surface area contributed by atoms with Gasteiger partial charge in [-0.1, -0.05) is 29.8 Å². The van der Waals surface area contributed by atoms with E-state index in [2.05, 4.69) is 37.6 Å². The van der Waals surface area contributed by atoms with Gasteiger partial charge in [0.1, 0.15) is 28.9 Å². The average molecular weight is 1030 g/mol. The first-order valence-electron chi connectivity index (χ1n) is 26.3. The van der Waals surface area contributed by atoms with Crippen LogP contribution >= 0.6 is 11.6 Å². The Bertz CT molecular complexity index is 3160. The predicted octanol–water partition coefficient (Wildman–Crippen LogP) is 9.43. The van der Waals surface area contributed by atoms with Crippen LogP contribution in [0.3, 0.4) is 0 Å². The molecule has 4 aromatic carbocycles. The van der Waals surface area contributed by atoms with Crippen molar-refractivity contribution < 1.29 is 33.0 Å². The first-order chi connectivity index (χ1) is 35.4. The largest absolute Gasteiger partial charge is 0.493 e. The molecule has 2 atom stereocenters. The number of amides is 3. The van der Waals surface area contributed by atoms with Crippen molar-refractivity contribution >= 4 is 62.7 Å².